The van der Waals surface area contributed by atoms with Crippen LogP contribution in [0.2, 0.25) is 0 Å². The van der Waals surface area contributed by atoms with Gasteiger partial charge in [-0.05, 0) is 55.5 Å². The van der Waals surface area contributed by atoms with E-state index in [0.29, 0.717) is 23.7 Å². The van der Waals surface area contributed by atoms with E-state index in [4.69, 9.17) is 4.42 Å². The minimum absolute atomic E-state index is 0.0565. The van der Waals surface area contributed by atoms with E-state index >= 15 is 0 Å². The SMILES string of the molecule is O=C(NC1CC1)c1ccc(CN(C(=O)c2cc3ccccc3oc2=O)C2CC2)cc1. The van der Waals surface area contributed by atoms with Crippen molar-refractivity contribution in [1.29, 1.82) is 0 Å². The molecule has 1 N–H and O–H groups in total. The van der Waals surface area contributed by atoms with E-state index in [1.165, 1.54) is 0 Å². The molecule has 2 fully saturated rings. The largest absolute Gasteiger partial charge is 0.422 e. The normalized spacial score (nSPS) is 15.7. The lowest BCUT2D eigenvalue weighted by Crippen LogP contribution is -2.35. The van der Waals surface area contributed by atoms with E-state index in [2.05, 4.69) is 5.32 Å². The third-order valence-electron chi connectivity index (χ3n) is 5.60. The van der Waals surface area contributed by atoms with Crippen molar-refractivity contribution >= 4 is 22.8 Å². The quantitative estimate of drug-likeness (QED) is 0.640. The molecule has 0 unspecified atom stereocenters. The Bertz CT molecular complexity index is 1170. The van der Waals surface area contributed by atoms with Crippen LogP contribution in [-0.2, 0) is 6.54 Å². The summed E-state index contributed by atoms with van der Waals surface area (Å²) in [5, 5.41) is 3.69. The Labute approximate surface area is 173 Å². The molecule has 3 aromatic rings. The highest BCUT2D eigenvalue weighted by atomic mass is 16.4. The molecular weight excluding hydrogens is 380 g/mol. The molecule has 6 nitrogen and oxygen atoms in total. The lowest BCUT2D eigenvalue weighted by Gasteiger charge is -2.22. The Hall–Kier alpha value is -3.41. The summed E-state index contributed by atoms with van der Waals surface area (Å²) < 4.78 is 5.35. The van der Waals surface area contributed by atoms with Gasteiger partial charge in [-0.25, -0.2) is 4.79 Å². The smallest absolute Gasteiger partial charge is 0.349 e. The van der Waals surface area contributed by atoms with Crippen molar-refractivity contribution in [2.75, 3.05) is 0 Å². The highest BCUT2D eigenvalue weighted by Crippen LogP contribution is 2.30. The summed E-state index contributed by atoms with van der Waals surface area (Å²) >= 11 is 0. The third-order valence-corrected chi connectivity index (χ3v) is 5.60. The lowest BCUT2D eigenvalue weighted by atomic mass is 10.1. The van der Waals surface area contributed by atoms with Gasteiger partial charge in [0.15, 0.2) is 0 Å². The van der Waals surface area contributed by atoms with Gasteiger partial charge in [-0.3, -0.25) is 9.59 Å². The van der Waals surface area contributed by atoms with Crippen LogP contribution in [0.1, 0.15) is 52.0 Å². The molecule has 0 bridgehead atoms. The fraction of sp³-hybridized carbons (Fsp3) is 0.292. The number of amides is 2. The topological polar surface area (TPSA) is 79.6 Å². The zero-order valence-corrected chi connectivity index (χ0v) is 16.5. The Morgan fingerprint density at radius 2 is 1.73 bits per heavy atom. The molecule has 1 aromatic heterocycles. The number of benzene rings is 2. The number of carbonyl (C=O) groups excluding carboxylic acids is 2. The van der Waals surface area contributed by atoms with Crippen molar-refractivity contribution in [2.45, 2.75) is 44.3 Å². The number of carbonyl (C=O) groups is 2. The number of nitrogens with one attached hydrogen (secondary N) is 1. The molecule has 1 heterocycles. The molecule has 2 aliphatic rings. The first kappa shape index (κ1) is 18.6. The maximum atomic E-state index is 13.2. The van der Waals surface area contributed by atoms with Crippen LogP contribution in [0.3, 0.4) is 0 Å². The van der Waals surface area contributed by atoms with Crippen LogP contribution < -0.4 is 10.9 Å². The fourth-order valence-electron chi connectivity index (χ4n) is 3.57. The summed E-state index contributed by atoms with van der Waals surface area (Å²) in [4.78, 5) is 39.5. The van der Waals surface area contributed by atoms with E-state index in [9.17, 15) is 14.4 Å². The Morgan fingerprint density at radius 3 is 2.43 bits per heavy atom. The minimum Gasteiger partial charge on any atom is -0.422 e. The Balaban J connectivity index is 1.37. The lowest BCUT2D eigenvalue weighted by molar-refractivity contribution is 0.0725. The van der Waals surface area contributed by atoms with Gasteiger partial charge >= 0.3 is 5.63 Å². The van der Waals surface area contributed by atoms with Crippen molar-refractivity contribution in [3.05, 3.63) is 81.7 Å². The number of para-hydroxylation sites is 1. The van der Waals surface area contributed by atoms with Crippen LogP contribution in [0.25, 0.3) is 11.0 Å². The molecule has 2 aliphatic carbocycles. The first-order chi connectivity index (χ1) is 14.6. The van der Waals surface area contributed by atoms with E-state index < -0.39 is 5.63 Å². The van der Waals surface area contributed by atoms with Crippen molar-refractivity contribution in [2.24, 2.45) is 0 Å². The van der Waals surface area contributed by atoms with E-state index in [-0.39, 0.29) is 23.4 Å². The molecule has 0 aliphatic heterocycles. The molecule has 2 amide bonds. The number of hydrogen-bond acceptors (Lipinski definition) is 4. The molecule has 0 radical (unpaired) electrons. The summed E-state index contributed by atoms with van der Waals surface area (Å²) in [5.41, 5.74) is 1.45. The Kier molecular flexibility index (Phi) is 4.62. The highest BCUT2D eigenvalue weighted by molar-refractivity contribution is 5.97. The molecular formula is C24H22N2O4. The van der Waals surface area contributed by atoms with E-state index in [0.717, 1.165) is 36.6 Å². The number of rotatable bonds is 6. The van der Waals surface area contributed by atoms with Crippen LogP contribution in [0.4, 0.5) is 0 Å². The first-order valence-electron chi connectivity index (χ1n) is 10.3. The molecule has 2 aromatic carbocycles. The van der Waals surface area contributed by atoms with Gasteiger partial charge in [0.05, 0.1) is 0 Å². The van der Waals surface area contributed by atoms with Crippen molar-refractivity contribution in [3.8, 4) is 0 Å². The molecule has 0 spiro atoms. The maximum absolute atomic E-state index is 13.2. The summed E-state index contributed by atoms with van der Waals surface area (Å²) in [5.74, 6) is -0.375. The molecule has 152 valence electrons. The first-order valence-corrected chi connectivity index (χ1v) is 10.3. The predicted molar refractivity (Wildman–Crippen MR) is 112 cm³/mol. The van der Waals surface area contributed by atoms with E-state index in [1.54, 1.807) is 35.2 Å². The summed E-state index contributed by atoms with van der Waals surface area (Å²) in [6.07, 6.45) is 3.94. The summed E-state index contributed by atoms with van der Waals surface area (Å²) in [6, 6.07) is 16.5. The molecule has 6 heteroatoms. The molecule has 30 heavy (non-hydrogen) atoms. The van der Waals surface area contributed by atoms with Gasteiger partial charge in [-0.2, -0.15) is 0 Å². The second kappa shape index (κ2) is 7.44. The zero-order valence-electron chi connectivity index (χ0n) is 16.5. The van der Waals surface area contributed by atoms with Gasteiger partial charge in [0.1, 0.15) is 11.1 Å². The number of fused-ring (bicyclic) bond motifs is 1. The zero-order chi connectivity index (χ0) is 20.7. The predicted octanol–water partition coefficient (Wildman–Crippen LogP) is 3.49. The second-order valence-electron chi connectivity index (χ2n) is 8.09. The Morgan fingerprint density at radius 1 is 1.00 bits per heavy atom. The van der Waals surface area contributed by atoms with Crippen LogP contribution in [0.5, 0.6) is 0 Å². The van der Waals surface area contributed by atoms with Gasteiger partial charge in [0, 0.05) is 29.6 Å². The molecule has 0 atom stereocenters. The minimum atomic E-state index is -0.614. The monoisotopic (exact) mass is 402 g/mol. The van der Waals surface area contributed by atoms with Crippen molar-refractivity contribution < 1.29 is 14.0 Å². The molecule has 5 rings (SSSR count). The maximum Gasteiger partial charge on any atom is 0.349 e. The van der Waals surface area contributed by atoms with E-state index in [1.807, 2.05) is 24.3 Å². The summed E-state index contributed by atoms with van der Waals surface area (Å²) in [7, 11) is 0. The van der Waals surface area contributed by atoms with Gasteiger partial charge in [0.2, 0.25) is 0 Å². The van der Waals surface area contributed by atoms with Gasteiger partial charge < -0.3 is 14.6 Å². The van der Waals surface area contributed by atoms with Crippen molar-refractivity contribution in [3.63, 3.8) is 0 Å². The average molecular weight is 402 g/mol. The molecule has 2 saturated carbocycles. The second-order valence-corrected chi connectivity index (χ2v) is 8.09. The van der Waals surface area contributed by atoms with Crippen LogP contribution >= 0.6 is 0 Å². The molecule has 0 saturated heterocycles. The standard InChI is InChI=1S/C24H22N2O4/c27-22(25-18-9-10-18)16-7-5-15(6-8-16)14-26(19-11-12-19)23(28)20-13-17-3-1-2-4-21(17)30-24(20)29/h1-8,13,18-19H,9-12,14H2,(H,25,27). The number of nitrogens with zero attached hydrogens (tertiary/aromatic N) is 1. The number of hydrogen-bond donors (Lipinski definition) is 1. The van der Waals surface area contributed by atoms with Crippen molar-refractivity contribution in [1.82, 2.24) is 10.2 Å². The van der Waals surface area contributed by atoms with Crippen LogP contribution in [-0.4, -0.2) is 28.8 Å². The average Bonchev–Trinajstić information content (AvgIpc) is 3.66. The van der Waals surface area contributed by atoms with Gasteiger partial charge in [0.25, 0.3) is 11.8 Å². The summed E-state index contributed by atoms with van der Waals surface area (Å²) in [6.45, 7) is 0.389. The van der Waals surface area contributed by atoms with Crippen LogP contribution in [0.15, 0.2) is 63.8 Å². The third kappa shape index (κ3) is 3.85. The van der Waals surface area contributed by atoms with Gasteiger partial charge in [-0.15, -0.1) is 0 Å². The van der Waals surface area contributed by atoms with Crippen LogP contribution in [0, 0.1) is 0 Å². The highest BCUT2D eigenvalue weighted by Gasteiger charge is 2.34. The fourth-order valence-corrected chi connectivity index (χ4v) is 3.57. The van der Waals surface area contributed by atoms with Gasteiger partial charge in [-0.1, -0.05) is 30.3 Å².